The number of anilines is 2. The molecule has 0 saturated carbocycles. The van der Waals surface area contributed by atoms with Gasteiger partial charge in [0, 0.05) is 23.6 Å². The first-order valence-electron chi connectivity index (χ1n) is 8.81. The Labute approximate surface area is 163 Å². The van der Waals surface area contributed by atoms with Gasteiger partial charge in [0.15, 0.2) is 5.01 Å². The van der Waals surface area contributed by atoms with Gasteiger partial charge in [0.1, 0.15) is 0 Å². The molecule has 2 N–H and O–H groups in total. The molecule has 2 amide bonds. The van der Waals surface area contributed by atoms with Crippen LogP contribution in [0, 0.1) is 0 Å². The molecule has 1 aromatic carbocycles. The molecule has 2 heterocycles. The first-order chi connectivity index (χ1) is 12.8. The highest BCUT2D eigenvalue weighted by atomic mass is 32.1. The highest BCUT2D eigenvalue weighted by Gasteiger charge is 2.14. The van der Waals surface area contributed by atoms with Crippen molar-refractivity contribution in [3.8, 4) is 10.6 Å². The van der Waals surface area contributed by atoms with E-state index < -0.39 is 0 Å². The van der Waals surface area contributed by atoms with Gasteiger partial charge in [0.05, 0.1) is 0 Å². The van der Waals surface area contributed by atoms with Gasteiger partial charge >= 0.3 is 6.03 Å². The number of hydrogen-bond acceptors (Lipinski definition) is 5. The molecule has 3 aromatic rings. The second-order valence-corrected chi connectivity index (χ2v) is 8.23. The molecule has 2 aromatic heterocycles. The maximum Gasteiger partial charge on any atom is 0.325 e. The molecule has 6 nitrogen and oxygen atoms in total. The van der Waals surface area contributed by atoms with Gasteiger partial charge in [-0.25, -0.2) is 4.79 Å². The first-order valence-corrected chi connectivity index (χ1v) is 9.63. The molecule has 27 heavy (non-hydrogen) atoms. The zero-order valence-corrected chi connectivity index (χ0v) is 16.7. The lowest BCUT2D eigenvalue weighted by atomic mass is 9.87. The molecule has 0 spiro atoms. The van der Waals surface area contributed by atoms with Crippen molar-refractivity contribution in [3.05, 3.63) is 53.9 Å². The number of urea groups is 1. The van der Waals surface area contributed by atoms with E-state index in [1.807, 2.05) is 36.5 Å². The highest BCUT2D eigenvalue weighted by molar-refractivity contribution is 7.18. The van der Waals surface area contributed by atoms with Gasteiger partial charge in [-0.3, -0.25) is 10.3 Å². The molecule has 7 heteroatoms. The Morgan fingerprint density at radius 2 is 1.81 bits per heavy atom. The van der Waals surface area contributed by atoms with E-state index in [4.69, 9.17) is 0 Å². The average molecular weight is 382 g/mol. The number of hydrogen-bond donors (Lipinski definition) is 2. The standard InChI is InChI=1S/C20H23N5OS/c1-5-13-10-14(12-21-11-13)17-24-25-19(27-17)23-18(26)22-16-8-6-15(7-9-16)20(2,3)4/h6-12H,5H2,1-4H3,(H2,22,23,25,26). The van der Waals surface area contributed by atoms with Crippen LogP contribution in [0.3, 0.4) is 0 Å². The predicted molar refractivity (Wildman–Crippen MR) is 110 cm³/mol. The van der Waals surface area contributed by atoms with Crippen molar-refractivity contribution in [1.29, 1.82) is 0 Å². The fourth-order valence-corrected chi connectivity index (χ4v) is 3.22. The van der Waals surface area contributed by atoms with E-state index in [9.17, 15) is 4.79 Å². The van der Waals surface area contributed by atoms with Crippen molar-refractivity contribution >= 4 is 28.2 Å². The second kappa shape index (κ2) is 7.84. The van der Waals surface area contributed by atoms with E-state index in [2.05, 4.69) is 53.5 Å². The number of pyridine rings is 1. The van der Waals surface area contributed by atoms with E-state index in [1.54, 1.807) is 6.20 Å². The van der Waals surface area contributed by atoms with Gasteiger partial charge in [-0.15, -0.1) is 10.2 Å². The second-order valence-electron chi connectivity index (χ2n) is 7.25. The van der Waals surface area contributed by atoms with Gasteiger partial charge in [-0.2, -0.15) is 0 Å². The Morgan fingerprint density at radius 1 is 1.07 bits per heavy atom. The molecule has 0 fully saturated rings. The molecule has 0 atom stereocenters. The molecule has 0 aliphatic rings. The normalized spacial score (nSPS) is 11.3. The number of amides is 2. The molecule has 0 saturated heterocycles. The lowest BCUT2D eigenvalue weighted by Gasteiger charge is -2.19. The van der Waals surface area contributed by atoms with Gasteiger partial charge in [-0.1, -0.05) is 51.2 Å². The Hall–Kier alpha value is -2.80. The van der Waals surface area contributed by atoms with Crippen LogP contribution in [0.1, 0.15) is 38.8 Å². The molecule has 0 unspecified atom stereocenters. The van der Waals surface area contributed by atoms with E-state index in [-0.39, 0.29) is 11.4 Å². The fraction of sp³-hybridized carbons (Fsp3) is 0.300. The fourth-order valence-electron chi connectivity index (χ4n) is 2.50. The van der Waals surface area contributed by atoms with Crippen LogP contribution in [0.15, 0.2) is 42.7 Å². The van der Waals surface area contributed by atoms with Crippen LogP contribution in [0.4, 0.5) is 15.6 Å². The number of benzene rings is 1. The Balaban J connectivity index is 1.64. The van der Waals surface area contributed by atoms with Crippen molar-refractivity contribution < 1.29 is 4.79 Å². The monoisotopic (exact) mass is 381 g/mol. The number of nitrogens with one attached hydrogen (secondary N) is 2. The number of nitrogens with zero attached hydrogens (tertiary/aromatic N) is 3. The summed E-state index contributed by atoms with van der Waals surface area (Å²) < 4.78 is 0. The van der Waals surface area contributed by atoms with Crippen LogP contribution >= 0.6 is 11.3 Å². The molecule has 0 aliphatic heterocycles. The van der Waals surface area contributed by atoms with Crippen LogP contribution in [0.2, 0.25) is 0 Å². The molecule has 140 valence electrons. The van der Waals surface area contributed by atoms with Crippen molar-refractivity contribution in [2.45, 2.75) is 39.5 Å². The Morgan fingerprint density at radius 3 is 2.48 bits per heavy atom. The van der Waals surface area contributed by atoms with E-state index in [1.165, 1.54) is 16.9 Å². The van der Waals surface area contributed by atoms with E-state index in [0.717, 1.165) is 28.2 Å². The Bertz CT molecular complexity index is 928. The third kappa shape index (κ3) is 4.89. The third-order valence-electron chi connectivity index (χ3n) is 4.10. The van der Waals surface area contributed by atoms with Crippen LogP contribution < -0.4 is 10.6 Å². The van der Waals surface area contributed by atoms with Gasteiger partial charge in [-0.05, 0) is 41.2 Å². The number of rotatable bonds is 4. The average Bonchev–Trinajstić information content (AvgIpc) is 3.10. The van der Waals surface area contributed by atoms with E-state index in [0.29, 0.717) is 5.13 Å². The lowest BCUT2D eigenvalue weighted by molar-refractivity contribution is 0.262. The highest BCUT2D eigenvalue weighted by Crippen LogP contribution is 2.27. The molecule has 0 aliphatic carbocycles. The van der Waals surface area contributed by atoms with Crippen LogP contribution in [0.25, 0.3) is 10.6 Å². The van der Waals surface area contributed by atoms with Crippen molar-refractivity contribution in [2.24, 2.45) is 0 Å². The maximum atomic E-state index is 12.2. The summed E-state index contributed by atoms with van der Waals surface area (Å²) in [4.78, 5) is 16.4. The number of aryl methyl sites for hydroxylation is 1. The minimum absolute atomic E-state index is 0.0771. The Kier molecular flexibility index (Phi) is 5.51. The van der Waals surface area contributed by atoms with Crippen molar-refractivity contribution in [2.75, 3.05) is 10.6 Å². The van der Waals surface area contributed by atoms with Crippen molar-refractivity contribution in [1.82, 2.24) is 15.2 Å². The van der Waals surface area contributed by atoms with Crippen LogP contribution in [-0.4, -0.2) is 21.2 Å². The zero-order chi connectivity index (χ0) is 19.4. The van der Waals surface area contributed by atoms with Crippen molar-refractivity contribution in [3.63, 3.8) is 0 Å². The lowest BCUT2D eigenvalue weighted by Crippen LogP contribution is -2.19. The third-order valence-corrected chi connectivity index (χ3v) is 4.99. The summed E-state index contributed by atoms with van der Waals surface area (Å²) in [5.41, 5.74) is 4.05. The SMILES string of the molecule is CCc1cncc(-c2nnc(NC(=O)Nc3ccc(C(C)(C)C)cc3)s2)c1. The zero-order valence-electron chi connectivity index (χ0n) is 15.9. The summed E-state index contributed by atoms with van der Waals surface area (Å²) >= 11 is 1.32. The smallest absolute Gasteiger partial charge is 0.308 e. The van der Waals surface area contributed by atoms with Gasteiger partial charge in [0.2, 0.25) is 5.13 Å². The molecule has 0 radical (unpaired) electrons. The van der Waals surface area contributed by atoms with Gasteiger partial charge < -0.3 is 5.32 Å². The first kappa shape index (κ1) is 19.0. The minimum Gasteiger partial charge on any atom is -0.308 e. The minimum atomic E-state index is -0.346. The number of carbonyl (C=O) groups excluding carboxylic acids is 1. The number of aromatic nitrogens is 3. The van der Waals surface area contributed by atoms with Crippen LogP contribution in [-0.2, 0) is 11.8 Å². The summed E-state index contributed by atoms with van der Waals surface area (Å²) in [7, 11) is 0. The summed E-state index contributed by atoms with van der Waals surface area (Å²) in [5, 5.41) is 14.9. The van der Waals surface area contributed by atoms with Gasteiger partial charge in [0.25, 0.3) is 0 Å². The quantitative estimate of drug-likeness (QED) is 0.658. The summed E-state index contributed by atoms with van der Waals surface area (Å²) in [5.74, 6) is 0. The molecular formula is C20H23N5OS. The van der Waals surface area contributed by atoms with E-state index >= 15 is 0 Å². The molecule has 0 bridgehead atoms. The summed E-state index contributed by atoms with van der Waals surface area (Å²) in [6.07, 6.45) is 4.49. The largest absolute Gasteiger partial charge is 0.325 e. The predicted octanol–water partition coefficient (Wildman–Crippen LogP) is 5.10. The number of carbonyl (C=O) groups is 1. The summed E-state index contributed by atoms with van der Waals surface area (Å²) in [6.45, 7) is 8.54. The molecular weight excluding hydrogens is 358 g/mol. The topological polar surface area (TPSA) is 79.8 Å². The van der Waals surface area contributed by atoms with Crippen LogP contribution in [0.5, 0.6) is 0 Å². The summed E-state index contributed by atoms with van der Waals surface area (Å²) in [6, 6.07) is 9.52. The molecule has 3 rings (SSSR count). The maximum absolute atomic E-state index is 12.2.